The van der Waals surface area contributed by atoms with Crippen LogP contribution < -0.4 is 0 Å². The van der Waals surface area contributed by atoms with Gasteiger partial charge < -0.3 is 4.79 Å². The third-order valence-electron chi connectivity index (χ3n) is 2.50. The Kier molecular flexibility index (Phi) is 3.37. The molecule has 0 saturated heterocycles. The van der Waals surface area contributed by atoms with Crippen molar-refractivity contribution in [1.82, 2.24) is 0 Å². The zero-order valence-corrected chi connectivity index (χ0v) is 9.39. The van der Waals surface area contributed by atoms with Crippen LogP contribution in [0.1, 0.15) is 17.0 Å². The van der Waals surface area contributed by atoms with Crippen LogP contribution in [0.3, 0.4) is 0 Å². The molecule has 0 amide bonds. The van der Waals surface area contributed by atoms with Crippen LogP contribution in [-0.2, 0) is 4.79 Å². The maximum Gasteiger partial charge on any atom is 0.131 e. The van der Waals surface area contributed by atoms with E-state index >= 15 is 0 Å². The molecule has 2 aromatic rings. The first-order valence-corrected chi connectivity index (χ1v) is 5.45. The minimum Gasteiger partial charge on any atom is -0.302 e. The van der Waals surface area contributed by atoms with Crippen LogP contribution in [-0.4, -0.2) is 6.29 Å². The van der Waals surface area contributed by atoms with Gasteiger partial charge in [-0.05, 0) is 23.3 Å². The first-order chi connectivity index (χ1) is 7.81. The Bertz CT molecular complexity index is 479. The van der Waals surface area contributed by atoms with Crippen LogP contribution in [0.4, 0.5) is 0 Å². The van der Waals surface area contributed by atoms with Crippen molar-refractivity contribution in [2.75, 3.05) is 0 Å². The van der Waals surface area contributed by atoms with Gasteiger partial charge in [0.05, 0.1) is 5.92 Å². The number of hydrogen-bond donors (Lipinski definition) is 0. The summed E-state index contributed by atoms with van der Waals surface area (Å²) in [6.45, 7) is 0. The van der Waals surface area contributed by atoms with Gasteiger partial charge >= 0.3 is 0 Å². The van der Waals surface area contributed by atoms with Gasteiger partial charge in [0.25, 0.3) is 0 Å². The van der Waals surface area contributed by atoms with Gasteiger partial charge in [-0.15, -0.1) is 0 Å². The lowest BCUT2D eigenvalue weighted by molar-refractivity contribution is -0.108. The highest BCUT2D eigenvalue weighted by molar-refractivity contribution is 6.30. The SMILES string of the molecule is O=C[C@@H](c1ccccc1)c1cccc(Cl)c1. The lowest BCUT2D eigenvalue weighted by Crippen LogP contribution is -2.01. The van der Waals surface area contributed by atoms with Crippen LogP contribution in [0.25, 0.3) is 0 Å². The highest BCUT2D eigenvalue weighted by Crippen LogP contribution is 2.24. The Morgan fingerprint density at radius 2 is 1.62 bits per heavy atom. The second-order valence-corrected chi connectivity index (χ2v) is 4.02. The number of halogens is 1. The predicted molar refractivity (Wildman–Crippen MR) is 65.8 cm³/mol. The third kappa shape index (κ3) is 2.31. The van der Waals surface area contributed by atoms with E-state index in [1.165, 1.54) is 0 Å². The molecule has 0 aliphatic carbocycles. The maximum atomic E-state index is 11.2. The molecule has 0 N–H and O–H groups in total. The van der Waals surface area contributed by atoms with Gasteiger partial charge in [-0.1, -0.05) is 54.1 Å². The van der Waals surface area contributed by atoms with E-state index in [-0.39, 0.29) is 5.92 Å². The molecular formula is C14H11ClO. The van der Waals surface area contributed by atoms with E-state index in [1.54, 1.807) is 6.07 Å². The molecule has 2 rings (SSSR count). The molecule has 0 saturated carbocycles. The highest BCUT2D eigenvalue weighted by atomic mass is 35.5. The predicted octanol–water partition coefficient (Wildman–Crippen LogP) is 3.67. The molecule has 1 nitrogen and oxygen atoms in total. The quantitative estimate of drug-likeness (QED) is 0.736. The maximum absolute atomic E-state index is 11.2. The fourth-order valence-corrected chi connectivity index (χ4v) is 1.91. The second kappa shape index (κ2) is 4.95. The summed E-state index contributed by atoms with van der Waals surface area (Å²) in [5.74, 6) is -0.236. The van der Waals surface area contributed by atoms with Gasteiger partial charge in [0.15, 0.2) is 0 Å². The summed E-state index contributed by atoms with van der Waals surface area (Å²) in [7, 11) is 0. The van der Waals surface area contributed by atoms with Crippen molar-refractivity contribution in [1.29, 1.82) is 0 Å². The lowest BCUT2D eigenvalue weighted by atomic mass is 9.93. The molecule has 0 aromatic heterocycles. The van der Waals surface area contributed by atoms with Crippen molar-refractivity contribution in [3.05, 3.63) is 70.7 Å². The summed E-state index contributed by atoms with van der Waals surface area (Å²) in [5.41, 5.74) is 1.91. The average Bonchev–Trinajstić information content (AvgIpc) is 2.31. The normalized spacial score (nSPS) is 12.1. The standard InChI is InChI=1S/C14H11ClO/c15-13-8-4-7-12(9-13)14(10-16)11-5-2-1-3-6-11/h1-10,14H/t14-/m0/s1. The Morgan fingerprint density at radius 3 is 2.25 bits per heavy atom. The summed E-state index contributed by atoms with van der Waals surface area (Å²) in [6.07, 6.45) is 0.945. The van der Waals surface area contributed by atoms with E-state index in [4.69, 9.17) is 11.6 Å². The Hall–Kier alpha value is -1.60. The first kappa shape index (κ1) is 10.9. The summed E-state index contributed by atoms with van der Waals surface area (Å²) in [5, 5.41) is 0.653. The number of aldehydes is 1. The zero-order valence-electron chi connectivity index (χ0n) is 8.64. The average molecular weight is 231 g/mol. The molecule has 1 atom stereocenters. The Balaban J connectivity index is 2.41. The van der Waals surface area contributed by atoms with Crippen LogP contribution in [0.2, 0.25) is 5.02 Å². The van der Waals surface area contributed by atoms with Crippen molar-refractivity contribution >= 4 is 17.9 Å². The van der Waals surface area contributed by atoms with Gasteiger partial charge in [0.2, 0.25) is 0 Å². The fraction of sp³-hybridized carbons (Fsp3) is 0.0714. The van der Waals surface area contributed by atoms with E-state index in [2.05, 4.69) is 0 Å². The Morgan fingerprint density at radius 1 is 0.938 bits per heavy atom. The molecule has 0 radical (unpaired) electrons. The molecule has 0 aliphatic rings. The third-order valence-corrected chi connectivity index (χ3v) is 2.74. The van der Waals surface area contributed by atoms with E-state index < -0.39 is 0 Å². The lowest BCUT2D eigenvalue weighted by Gasteiger charge is -2.11. The van der Waals surface area contributed by atoms with E-state index in [1.807, 2.05) is 48.5 Å². The van der Waals surface area contributed by atoms with Gasteiger partial charge in [-0.3, -0.25) is 0 Å². The molecule has 0 bridgehead atoms. The summed E-state index contributed by atoms with van der Waals surface area (Å²) in [6, 6.07) is 17.1. The summed E-state index contributed by atoms with van der Waals surface area (Å²) >= 11 is 5.92. The fourth-order valence-electron chi connectivity index (χ4n) is 1.71. The number of carbonyl (C=O) groups excluding carboxylic acids is 1. The molecule has 80 valence electrons. The first-order valence-electron chi connectivity index (χ1n) is 5.07. The van der Waals surface area contributed by atoms with Gasteiger partial charge in [0.1, 0.15) is 6.29 Å². The number of carbonyl (C=O) groups is 1. The summed E-state index contributed by atoms with van der Waals surface area (Å²) in [4.78, 5) is 11.2. The molecule has 0 heterocycles. The summed E-state index contributed by atoms with van der Waals surface area (Å²) < 4.78 is 0. The second-order valence-electron chi connectivity index (χ2n) is 3.58. The monoisotopic (exact) mass is 230 g/mol. The largest absolute Gasteiger partial charge is 0.302 e. The van der Waals surface area contributed by atoms with E-state index in [9.17, 15) is 4.79 Å². The van der Waals surface area contributed by atoms with Crippen LogP contribution in [0.5, 0.6) is 0 Å². The minimum atomic E-state index is -0.236. The number of hydrogen-bond acceptors (Lipinski definition) is 1. The van der Waals surface area contributed by atoms with Gasteiger partial charge in [-0.2, -0.15) is 0 Å². The van der Waals surface area contributed by atoms with Crippen molar-refractivity contribution in [2.24, 2.45) is 0 Å². The minimum absolute atomic E-state index is 0.236. The van der Waals surface area contributed by atoms with E-state index in [0.29, 0.717) is 5.02 Å². The van der Waals surface area contributed by atoms with Crippen molar-refractivity contribution in [2.45, 2.75) is 5.92 Å². The van der Waals surface area contributed by atoms with E-state index in [0.717, 1.165) is 17.4 Å². The topological polar surface area (TPSA) is 17.1 Å². The van der Waals surface area contributed by atoms with Gasteiger partial charge in [0, 0.05) is 5.02 Å². The van der Waals surface area contributed by atoms with Crippen LogP contribution in [0.15, 0.2) is 54.6 Å². The van der Waals surface area contributed by atoms with Crippen molar-refractivity contribution in [3.63, 3.8) is 0 Å². The zero-order chi connectivity index (χ0) is 11.4. The highest BCUT2D eigenvalue weighted by Gasteiger charge is 2.12. The van der Waals surface area contributed by atoms with Crippen LogP contribution in [0, 0.1) is 0 Å². The molecule has 16 heavy (non-hydrogen) atoms. The van der Waals surface area contributed by atoms with Crippen molar-refractivity contribution < 1.29 is 4.79 Å². The molecule has 0 unspecified atom stereocenters. The van der Waals surface area contributed by atoms with Gasteiger partial charge in [-0.25, -0.2) is 0 Å². The molecule has 2 heteroatoms. The molecule has 0 aliphatic heterocycles. The van der Waals surface area contributed by atoms with Crippen molar-refractivity contribution in [3.8, 4) is 0 Å². The smallest absolute Gasteiger partial charge is 0.131 e. The molecule has 0 fully saturated rings. The number of benzene rings is 2. The molecule has 0 spiro atoms. The van der Waals surface area contributed by atoms with Crippen LogP contribution >= 0.6 is 11.6 Å². The molecular weight excluding hydrogens is 220 g/mol. The Labute approximate surface area is 99.7 Å². The number of rotatable bonds is 3. The molecule has 2 aromatic carbocycles.